The van der Waals surface area contributed by atoms with Crippen LogP contribution in [0.1, 0.15) is 24.5 Å². The van der Waals surface area contributed by atoms with Gasteiger partial charge in [-0.1, -0.05) is 54.5 Å². The molecule has 0 radical (unpaired) electrons. The van der Waals surface area contributed by atoms with Crippen molar-refractivity contribution in [2.24, 2.45) is 5.73 Å². The van der Waals surface area contributed by atoms with E-state index in [0.29, 0.717) is 10.8 Å². The van der Waals surface area contributed by atoms with E-state index in [1.807, 2.05) is 0 Å². The number of carbonyl (C=O) groups excluding carboxylic acids is 1. The van der Waals surface area contributed by atoms with Gasteiger partial charge >= 0.3 is 6.09 Å². The third kappa shape index (κ3) is 3.05. The van der Waals surface area contributed by atoms with Gasteiger partial charge in [0, 0.05) is 10.9 Å². The van der Waals surface area contributed by atoms with E-state index in [1.165, 1.54) is 16.9 Å². The first-order valence-electron chi connectivity index (χ1n) is 7.75. The Balaban J connectivity index is 2.19. The van der Waals surface area contributed by atoms with Crippen LogP contribution in [0.5, 0.6) is 5.06 Å². The van der Waals surface area contributed by atoms with E-state index < -0.39 is 6.09 Å². The van der Waals surface area contributed by atoms with E-state index >= 15 is 0 Å². The molecule has 0 aliphatic rings. The molecule has 1 aromatic carbocycles. The molecular weight excluding hydrogens is 322 g/mol. The van der Waals surface area contributed by atoms with Gasteiger partial charge in [0.15, 0.2) is 0 Å². The van der Waals surface area contributed by atoms with Gasteiger partial charge in [0.05, 0.1) is 11.4 Å². The smallest absolute Gasteiger partial charge is 0.397 e. The lowest BCUT2D eigenvalue weighted by atomic mass is 10.0. The molecule has 0 aliphatic heterocycles. The van der Waals surface area contributed by atoms with Gasteiger partial charge in [-0.05, 0) is 25.0 Å². The maximum atomic E-state index is 11.1. The number of aryl methyl sites for hydroxylation is 2. The lowest BCUT2D eigenvalue weighted by Crippen LogP contribution is -2.16. The SMILES string of the molecule is CCCc1cc(-c2ccc(C)cc2)nc2sc(OC(N)=O)c(N)c12. The molecule has 0 bridgehead atoms. The number of nitrogens with two attached hydrogens (primary N) is 2. The van der Waals surface area contributed by atoms with Crippen molar-refractivity contribution in [1.29, 1.82) is 0 Å². The topological polar surface area (TPSA) is 91.2 Å². The average molecular weight is 341 g/mol. The van der Waals surface area contributed by atoms with Crippen molar-refractivity contribution < 1.29 is 9.53 Å². The van der Waals surface area contributed by atoms with Gasteiger partial charge in [-0.2, -0.15) is 0 Å². The Bertz CT molecular complexity index is 901. The predicted octanol–water partition coefficient (Wildman–Crippen LogP) is 4.26. The molecule has 124 valence electrons. The highest BCUT2D eigenvalue weighted by Gasteiger charge is 2.18. The molecule has 0 unspecified atom stereocenters. The summed E-state index contributed by atoms with van der Waals surface area (Å²) >= 11 is 1.25. The number of nitrogens with zero attached hydrogens (tertiary/aromatic N) is 1. The number of fused-ring (bicyclic) bond motifs is 1. The van der Waals surface area contributed by atoms with Crippen LogP contribution >= 0.6 is 11.3 Å². The van der Waals surface area contributed by atoms with Gasteiger partial charge in [-0.3, -0.25) is 0 Å². The highest BCUT2D eigenvalue weighted by atomic mass is 32.1. The summed E-state index contributed by atoms with van der Waals surface area (Å²) in [7, 11) is 0. The summed E-state index contributed by atoms with van der Waals surface area (Å²) in [5.41, 5.74) is 15.9. The molecule has 5 nitrogen and oxygen atoms in total. The number of amides is 1. The molecule has 0 spiro atoms. The van der Waals surface area contributed by atoms with Crippen molar-refractivity contribution in [3.05, 3.63) is 41.5 Å². The third-order valence-corrected chi connectivity index (χ3v) is 4.78. The van der Waals surface area contributed by atoms with E-state index in [-0.39, 0.29) is 0 Å². The van der Waals surface area contributed by atoms with Gasteiger partial charge in [0.1, 0.15) is 4.83 Å². The van der Waals surface area contributed by atoms with E-state index in [2.05, 4.69) is 44.2 Å². The van der Waals surface area contributed by atoms with Crippen LogP contribution in [0.3, 0.4) is 0 Å². The lowest BCUT2D eigenvalue weighted by molar-refractivity contribution is 0.212. The molecule has 0 atom stereocenters. The molecule has 0 fully saturated rings. The number of ether oxygens (including phenoxy) is 1. The second-order valence-corrected chi connectivity index (χ2v) is 6.65. The first kappa shape index (κ1) is 16.3. The largest absolute Gasteiger partial charge is 0.410 e. The number of thiophene rings is 1. The summed E-state index contributed by atoms with van der Waals surface area (Å²) in [4.78, 5) is 16.5. The van der Waals surface area contributed by atoms with Crippen LogP contribution in [0, 0.1) is 6.92 Å². The maximum Gasteiger partial charge on any atom is 0.410 e. The second-order valence-electron chi connectivity index (χ2n) is 5.69. The molecule has 0 saturated carbocycles. The van der Waals surface area contributed by atoms with Gasteiger partial charge in [0.2, 0.25) is 5.06 Å². The fourth-order valence-electron chi connectivity index (χ4n) is 2.68. The maximum absolute atomic E-state index is 11.1. The minimum atomic E-state index is -0.871. The van der Waals surface area contributed by atoms with Crippen LogP contribution in [0.2, 0.25) is 0 Å². The van der Waals surface area contributed by atoms with E-state index in [1.54, 1.807) is 0 Å². The van der Waals surface area contributed by atoms with Crippen molar-refractivity contribution in [2.45, 2.75) is 26.7 Å². The summed E-state index contributed by atoms with van der Waals surface area (Å²) < 4.78 is 5.02. The molecular formula is C18H19N3O2S. The Hall–Kier alpha value is -2.60. The molecule has 1 amide bonds. The van der Waals surface area contributed by atoms with Crippen LogP contribution < -0.4 is 16.2 Å². The quantitative estimate of drug-likeness (QED) is 0.741. The fourth-order valence-corrected chi connectivity index (χ4v) is 3.68. The number of carbonyl (C=O) groups is 1. The number of hydrogen-bond acceptors (Lipinski definition) is 5. The summed E-state index contributed by atoms with van der Waals surface area (Å²) in [5.74, 6) is 0. The van der Waals surface area contributed by atoms with Crippen LogP contribution in [0.25, 0.3) is 21.5 Å². The molecule has 2 aromatic heterocycles. The lowest BCUT2D eigenvalue weighted by Gasteiger charge is -2.07. The second kappa shape index (κ2) is 6.49. The predicted molar refractivity (Wildman–Crippen MR) is 98.4 cm³/mol. The zero-order valence-corrected chi connectivity index (χ0v) is 14.4. The Kier molecular flexibility index (Phi) is 4.40. The number of benzene rings is 1. The molecule has 6 heteroatoms. The van der Waals surface area contributed by atoms with Crippen molar-refractivity contribution in [3.63, 3.8) is 0 Å². The fraction of sp³-hybridized carbons (Fsp3) is 0.222. The monoisotopic (exact) mass is 341 g/mol. The van der Waals surface area contributed by atoms with Gasteiger partial charge in [-0.15, -0.1) is 0 Å². The summed E-state index contributed by atoms with van der Waals surface area (Å²) in [5, 5.41) is 1.16. The first-order chi connectivity index (χ1) is 11.5. The number of anilines is 1. The van der Waals surface area contributed by atoms with Crippen LogP contribution in [0.4, 0.5) is 10.5 Å². The third-order valence-electron chi connectivity index (χ3n) is 3.81. The standard InChI is InChI=1S/C18H19N3O2S/c1-3-4-12-9-13(11-7-5-10(2)6-8-11)21-16-14(12)15(19)17(24-16)23-18(20)22/h5-9H,3-4,19H2,1-2H3,(H2,20,22). The summed E-state index contributed by atoms with van der Waals surface area (Å²) in [6.45, 7) is 4.16. The zero-order chi connectivity index (χ0) is 17.3. The molecule has 0 saturated heterocycles. The Morgan fingerprint density at radius 3 is 2.62 bits per heavy atom. The van der Waals surface area contributed by atoms with E-state index in [4.69, 9.17) is 21.2 Å². The highest BCUT2D eigenvalue weighted by molar-refractivity contribution is 7.21. The van der Waals surface area contributed by atoms with Gasteiger partial charge < -0.3 is 16.2 Å². The Morgan fingerprint density at radius 2 is 2.00 bits per heavy atom. The van der Waals surface area contributed by atoms with Crippen LogP contribution in [-0.2, 0) is 6.42 Å². The molecule has 4 N–H and O–H groups in total. The normalized spacial score (nSPS) is 10.9. The van der Waals surface area contributed by atoms with Crippen molar-refractivity contribution in [1.82, 2.24) is 4.98 Å². The molecule has 3 aromatic rings. The molecule has 3 rings (SSSR count). The summed E-state index contributed by atoms with van der Waals surface area (Å²) in [6, 6.07) is 10.3. The average Bonchev–Trinajstić information content (AvgIpc) is 2.84. The Morgan fingerprint density at radius 1 is 1.29 bits per heavy atom. The highest BCUT2D eigenvalue weighted by Crippen LogP contribution is 2.42. The minimum absolute atomic E-state index is 0.309. The zero-order valence-electron chi connectivity index (χ0n) is 13.6. The minimum Gasteiger partial charge on any atom is -0.397 e. The number of primary amides is 1. The van der Waals surface area contributed by atoms with Crippen LogP contribution in [0.15, 0.2) is 30.3 Å². The molecule has 0 aliphatic carbocycles. The van der Waals surface area contributed by atoms with Crippen molar-refractivity contribution >= 4 is 33.3 Å². The summed E-state index contributed by atoms with van der Waals surface area (Å²) in [6.07, 6.45) is 0.979. The number of aromatic nitrogens is 1. The van der Waals surface area contributed by atoms with Crippen LogP contribution in [-0.4, -0.2) is 11.1 Å². The van der Waals surface area contributed by atoms with E-state index in [0.717, 1.165) is 39.9 Å². The van der Waals surface area contributed by atoms with Crippen molar-refractivity contribution in [3.8, 4) is 16.3 Å². The van der Waals surface area contributed by atoms with Crippen molar-refractivity contribution in [2.75, 3.05) is 5.73 Å². The number of pyridine rings is 1. The van der Waals surface area contributed by atoms with E-state index in [9.17, 15) is 4.79 Å². The molecule has 24 heavy (non-hydrogen) atoms. The van der Waals surface area contributed by atoms with Gasteiger partial charge in [0.25, 0.3) is 0 Å². The number of hydrogen-bond donors (Lipinski definition) is 2. The number of nitrogen functional groups attached to an aromatic ring is 1. The Labute approximate surface area is 144 Å². The number of rotatable bonds is 4. The molecule has 2 heterocycles. The first-order valence-corrected chi connectivity index (χ1v) is 8.57. The van der Waals surface area contributed by atoms with Gasteiger partial charge in [-0.25, -0.2) is 9.78 Å².